The first-order valence-corrected chi connectivity index (χ1v) is 6.32. The molecule has 0 saturated carbocycles. The molecule has 0 unspecified atom stereocenters. The van der Waals surface area contributed by atoms with Gasteiger partial charge in [0.15, 0.2) is 0 Å². The summed E-state index contributed by atoms with van der Waals surface area (Å²) in [6.45, 7) is 6.04. The molecule has 7 heteroatoms. The van der Waals surface area contributed by atoms with E-state index in [9.17, 15) is 0 Å². The van der Waals surface area contributed by atoms with Crippen LogP contribution < -0.4 is 10.6 Å². The molecule has 0 saturated heterocycles. The molecular weight excluding hydrogens is 244 g/mol. The van der Waals surface area contributed by atoms with Crippen LogP contribution in [0, 0.1) is 6.92 Å². The Labute approximate surface area is 111 Å². The zero-order valence-corrected chi connectivity index (χ0v) is 11.2. The summed E-state index contributed by atoms with van der Waals surface area (Å²) < 4.78 is 5.43. The van der Waals surface area contributed by atoms with Crippen molar-refractivity contribution in [1.82, 2.24) is 25.5 Å². The SMILES string of the molecule is CCCNCc1nnc(NCc2cnc(C)cn2)o1. The molecule has 0 radical (unpaired) electrons. The van der Waals surface area contributed by atoms with Gasteiger partial charge in [-0.3, -0.25) is 9.97 Å². The van der Waals surface area contributed by atoms with E-state index in [2.05, 4.69) is 37.7 Å². The summed E-state index contributed by atoms with van der Waals surface area (Å²) in [5, 5.41) is 14.1. The molecule has 2 N–H and O–H groups in total. The molecule has 0 aliphatic carbocycles. The van der Waals surface area contributed by atoms with E-state index in [1.165, 1.54) is 0 Å². The largest absolute Gasteiger partial charge is 0.407 e. The van der Waals surface area contributed by atoms with Crippen LogP contribution in [0.3, 0.4) is 0 Å². The van der Waals surface area contributed by atoms with Crippen molar-refractivity contribution >= 4 is 6.01 Å². The Morgan fingerprint density at radius 3 is 2.79 bits per heavy atom. The number of nitrogens with one attached hydrogen (secondary N) is 2. The number of nitrogens with zero attached hydrogens (tertiary/aromatic N) is 4. The van der Waals surface area contributed by atoms with Gasteiger partial charge in [0.05, 0.1) is 30.7 Å². The molecule has 0 amide bonds. The monoisotopic (exact) mass is 262 g/mol. The van der Waals surface area contributed by atoms with E-state index in [4.69, 9.17) is 4.42 Å². The number of aromatic nitrogens is 4. The van der Waals surface area contributed by atoms with Crippen LogP contribution in [0.1, 0.15) is 30.6 Å². The van der Waals surface area contributed by atoms with Gasteiger partial charge in [0.2, 0.25) is 5.89 Å². The van der Waals surface area contributed by atoms with Crippen molar-refractivity contribution in [1.29, 1.82) is 0 Å². The zero-order valence-electron chi connectivity index (χ0n) is 11.2. The maximum atomic E-state index is 5.43. The van der Waals surface area contributed by atoms with Gasteiger partial charge < -0.3 is 15.1 Å². The lowest BCUT2D eigenvalue weighted by Gasteiger charge is -2.00. The quantitative estimate of drug-likeness (QED) is 0.726. The smallest absolute Gasteiger partial charge is 0.315 e. The van der Waals surface area contributed by atoms with Gasteiger partial charge >= 0.3 is 6.01 Å². The maximum absolute atomic E-state index is 5.43. The van der Waals surface area contributed by atoms with Crippen LogP contribution in [0.5, 0.6) is 0 Å². The Morgan fingerprint density at radius 1 is 1.16 bits per heavy atom. The Hall–Kier alpha value is -2.02. The fourth-order valence-corrected chi connectivity index (χ4v) is 1.45. The lowest BCUT2D eigenvalue weighted by molar-refractivity contribution is 0.476. The van der Waals surface area contributed by atoms with Gasteiger partial charge in [-0.15, -0.1) is 5.10 Å². The molecule has 0 fully saturated rings. The lowest BCUT2D eigenvalue weighted by Crippen LogP contribution is -2.13. The predicted molar refractivity (Wildman–Crippen MR) is 70.4 cm³/mol. The first kappa shape index (κ1) is 13.4. The van der Waals surface area contributed by atoms with Gasteiger partial charge in [0.25, 0.3) is 0 Å². The molecule has 2 aromatic rings. The molecule has 0 aliphatic heterocycles. The summed E-state index contributed by atoms with van der Waals surface area (Å²) in [4.78, 5) is 8.40. The highest BCUT2D eigenvalue weighted by atomic mass is 16.4. The minimum atomic E-state index is 0.399. The van der Waals surface area contributed by atoms with E-state index in [-0.39, 0.29) is 0 Å². The molecule has 0 aromatic carbocycles. The van der Waals surface area contributed by atoms with Crippen molar-refractivity contribution in [3.8, 4) is 0 Å². The molecular formula is C12H18N6O. The van der Waals surface area contributed by atoms with E-state index in [1.54, 1.807) is 12.4 Å². The summed E-state index contributed by atoms with van der Waals surface area (Å²) in [5.74, 6) is 0.575. The average molecular weight is 262 g/mol. The standard InChI is InChI=1S/C12H18N6O/c1-3-4-13-8-11-17-18-12(19-11)16-7-10-6-14-9(2)5-15-10/h5-6,13H,3-4,7-8H2,1-2H3,(H,16,18). The predicted octanol–water partition coefficient (Wildman–Crippen LogP) is 1.28. The highest BCUT2D eigenvalue weighted by Gasteiger charge is 2.05. The van der Waals surface area contributed by atoms with Crippen LogP contribution in [0.25, 0.3) is 0 Å². The van der Waals surface area contributed by atoms with Crippen LogP contribution in [0.4, 0.5) is 6.01 Å². The van der Waals surface area contributed by atoms with Gasteiger partial charge in [-0.25, -0.2) is 0 Å². The average Bonchev–Trinajstić information content (AvgIpc) is 2.86. The summed E-state index contributed by atoms with van der Waals surface area (Å²) in [6.07, 6.45) is 4.53. The molecule has 102 valence electrons. The van der Waals surface area contributed by atoms with Gasteiger partial charge in [0, 0.05) is 6.20 Å². The Bertz CT molecular complexity index is 495. The third-order valence-electron chi connectivity index (χ3n) is 2.42. The second-order valence-corrected chi connectivity index (χ2v) is 4.18. The zero-order chi connectivity index (χ0) is 13.5. The van der Waals surface area contributed by atoms with Gasteiger partial charge in [-0.05, 0) is 19.9 Å². The molecule has 2 aromatic heterocycles. The molecule has 2 heterocycles. The van der Waals surface area contributed by atoms with Crippen molar-refractivity contribution < 1.29 is 4.42 Å². The summed E-state index contributed by atoms with van der Waals surface area (Å²) in [7, 11) is 0. The minimum Gasteiger partial charge on any atom is -0.407 e. The van der Waals surface area contributed by atoms with Crippen molar-refractivity contribution in [3.05, 3.63) is 29.7 Å². The highest BCUT2D eigenvalue weighted by Crippen LogP contribution is 2.06. The Kier molecular flexibility index (Phi) is 4.79. The number of hydrogen-bond acceptors (Lipinski definition) is 7. The van der Waals surface area contributed by atoms with Crippen molar-refractivity contribution in [2.45, 2.75) is 33.4 Å². The summed E-state index contributed by atoms with van der Waals surface area (Å²) in [6, 6.07) is 0.399. The first-order chi connectivity index (χ1) is 9.28. The van der Waals surface area contributed by atoms with Crippen LogP contribution in [0.2, 0.25) is 0 Å². The molecule has 0 bridgehead atoms. The molecule has 19 heavy (non-hydrogen) atoms. The second kappa shape index (κ2) is 6.79. The third-order valence-corrected chi connectivity index (χ3v) is 2.42. The molecule has 7 nitrogen and oxygen atoms in total. The number of anilines is 1. The third kappa shape index (κ3) is 4.29. The molecule has 0 atom stereocenters. The van der Waals surface area contributed by atoms with Crippen molar-refractivity contribution in [2.24, 2.45) is 0 Å². The maximum Gasteiger partial charge on any atom is 0.315 e. The normalized spacial score (nSPS) is 10.6. The van der Waals surface area contributed by atoms with Gasteiger partial charge in [-0.2, -0.15) is 0 Å². The van der Waals surface area contributed by atoms with E-state index in [0.717, 1.165) is 24.4 Å². The van der Waals surface area contributed by atoms with Gasteiger partial charge in [-0.1, -0.05) is 12.0 Å². The molecule has 0 aliphatic rings. The molecule has 2 rings (SSSR count). The lowest BCUT2D eigenvalue weighted by atomic mass is 10.4. The van der Waals surface area contributed by atoms with Crippen molar-refractivity contribution in [3.63, 3.8) is 0 Å². The Balaban J connectivity index is 1.81. The van der Waals surface area contributed by atoms with Crippen LogP contribution in [0.15, 0.2) is 16.8 Å². The second-order valence-electron chi connectivity index (χ2n) is 4.18. The van der Waals surface area contributed by atoms with Gasteiger partial charge in [0.1, 0.15) is 0 Å². The molecule has 0 spiro atoms. The van der Waals surface area contributed by atoms with Crippen molar-refractivity contribution in [2.75, 3.05) is 11.9 Å². The minimum absolute atomic E-state index is 0.399. The number of rotatable bonds is 7. The number of hydrogen-bond donors (Lipinski definition) is 2. The first-order valence-electron chi connectivity index (χ1n) is 6.32. The van der Waals surface area contributed by atoms with Crippen LogP contribution >= 0.6 is 0 Å². The summed E-state index contributed by atoms with van der Waals surface area (Å²) in [5.41, 5.74) is 1.72. The van der Waals surface area contributed by atoms with Crippen LogP contribution in [-0.4, -0.2) is 26.7 Å². The fourth-order valence-electron chi connectivity index (χ4n) is 1.45. The number of aryl methyl sites for hydroxylation is 1. The van der Waals surface area contributed by atoms with Crippen LogP contribution in [-0.2, 0) is 13.1 Å². The van der Waals surface area contributed by atoms with E-state index >= 15 is 0 Å². The topological polar surface area (TPSA) is 88.8 Å². The van der Waals surface area contributed by atoms with E-state index in [0.29, 0.717) is 25.0 Å². The summed E-state index contributed by atoms with van der Waals surface area (Å²) >= 11 is 0. The highest BCUT2D eigenvalue weighted by molar-refractivity contribution is 5.19. The van der Waals surface area contributed by atoms with E-state index in [1.807, 2.05) is 6.92 Å². The Morgan fingerprint density at radius 2 is 2.05 bits per heavy atom. The van der Waals surface area contributed by atoms with E-state index < -0.39 is 0 Å². The fraction of sp³-hybridized carbons (Fsp3) is 0.500.